The van der Waals surface area contributed by atoms with Crippen LogP contribution in [0.5, 0.6) is 0 Å². The number of hydrogen-bond acceptors (Lipinski definition) is 5. The highest BCUT2D eigenvalue weighted by molar-refractivity contribution is 6.05. The van der Waals surface area contributed by atoms with Gasteiger partial charge in [0.2, 0.25) is 11.8 Å². The number of fused-ring (bicyclic) bond motifs is 1. The van der Waals surface area contributed by atoms with Crippen molar-refractivity contribution in [3.63, 3.8) is 0 Å². The Bertz CT molecular complexity index is 889. The molecule has 3 aliphatic rings. The van der Waals surface area contributed by atoms with Crippen molar-refractivity contribution in [2.24, 2.45) is 11.7 Å². The maximum Gasteiger partial charge on any atom is 0.393 e. The molecule has 0 bridgehead atoms. The van der Waals surface area contributed by atoms with Gasteiger partial charge >= 0.3 is 6.18 Å². The molecule has 0 saturated carbocycles. The van der Waals surface area contributed by atoms with Crippen LogP contribution in [0.1, 0.15) is 40.7 Å². The van der Waals surface area contributed by atoms with E-state index in [1.165, 1.54) is 4.90 Å². The van der Waals surface area contributed by atoms with E-state index in [-0.39, 0.29) is 37.7 Å². The highest BCUT2D eigenvalue weighted by Gasteiger charge is 2.45. The molecule has 3 amide bonds. The molecule has 10 heteroatoms. The van der Waals surface area contributed by atoms with Gasteiger partial charge in [-0.2, -0.15) is 13.2 Å². The molecule has 7 nitrogen and oxygen atoms in total. The molecule has 162 valence electrons. The average molecular weight is 424 g/mol. The van der Waals surface area contributed by atoms with Gasteiger partial charge in [0.15, 0.2) is 0 Å². The van der Waals surface area contributed by atoms with Crippen molar-refractivity contribution in [3.8, 4) is 0 Å². The lowest BCUT2D eigenvalue weighted by molar-refractivity contribution is -0.189. The fraction of sp³-hybridized carbons (Fsp3) is 0.550. The van der Waals surface area contributed by atoms with Crippen LogP contribution in [-0.2, 0) is 22.7 Å². The molecule has 3 N–H and O–H groups in total. The lowest BCUT2D eigenvalue weighted by atomic mass is 9.91. The molecule has 1 aromatic rings. The number of imide groups is 1. The third kappa shape index (κ3) is 3.93. The number of halogens is 3. The van der Waals surface area contributed by atoms with Gasteiger partial charge in [-0.15, -0.1) is 0 Å². The third-order valence-corrected chi connectivity index (χ3v) is 6.16. The molecule has 3 heterocycles. The minimum absolute atomic E-state index is 0.0304. The monoisotopic (exact) mass is 424 g/mol. The van der Waals surface area contributed by atoms with E-state index in [4.69, 9.17) is 5.73 Å². The number of nitrogens with one attached hydrogen (secondary N) is 1. The fourth-order valence-electron chi connectivity index (χ4n) is 4.59. The van der Waals surface area contributed by atoms with Crippen LogP contribution >= 0.6 is 0 Å². The highest BCUT2D eigenvalue weighted by Crippen LogP contribution is 2.34. The van der Waals surface area contributed by atoms with Crippen molar-refractivity contribution in [1.29, 1.82) is 0 Å². The number of alkyl halides is 3. The first-order valence-electron chi connectivity index (χ1n) is 9.94. The van der Waals surface area contributed by atoms with Crippen LogP contribution < -0.4 is 11.1 Å². The number of hydrogen-bond donors (Lipinski definition) is 2. The van der Waals surface area contributed by atoms with Crippen molar-refractivity contribution in [3.05, 3.63) is 34.9 Å². The number of nitrogens with zero attached hydrogens (tertiary/aromatic N) is 2. The van der Waals surface area contributed by atoms with E-state index < -0.39 is 30.1 Å². The quantitative estimate of drug-likeness (QED) is 0.710. The summed E-state index contributed by atoms with van der Waals surface area (Å²) in [4.78, 5) is 39.6. The van der Waals surface area contributed by atoms with Gasteiger partial charge in [-0.05, 0) is 36.6 Å². The fourth-order valence-corrected chi connectivity index (χ4v) is 4.59. The summed E-state index contributed by atoms with van der Waals surface area (Å²) in [6.45, 7) is 1.17. The molecule has 3 unspecified atom stereocenters. The van der Waals surface area contributed by atoms with E-state index in [0.717, 1.165) is 11.1 Å². The largest absolute Gasteiger partial charge is 0.393 e. The summed E-state index contributed by atoms with van der Waals surface area (Å²) >= 11 is 0. The number of benzene rings is 1. The predicted octanol–water partition coefficient (Wildman–Crippen LogP) is 1.16. The highest BCUT2D eigenvalue weighted by atomic mass is 19.4. The molecular weight excluding hydrogens is 401 g/mol. The molecular formula is C20H23F3N4O3. The van der Waals surface area contributed by atoms with Crippen LogP contribution in [0.25, 0.3) is 0 Å². The zero-order valence-electron chi connectivity index (χ0n) is 16.2. The molecule has 0 aromatic heterocycles. The zero-order valence-corrected chi connectivity index (χ0v) is 16.2. The Morgan fingerprint density at radius 3 is 2.60 bits per heavy atom. The molecule has 3 aliphatic heterocycles. The molecule has 0 spiro atoms. The Hall–Kier alpha value is -2.46. The summed E-state index contributed by atoms with van der Waals surface area (Å²) in [5, 5.41) is 2.27. The van der Waals surface area contributed by atoms with Crippen molar-refractivity contribution >= 4 is 17.7 Å². The molecule has 4 rings (SSSR count). The molecule has 2 saturated heterocycles. The summed E-state index contributed by atoms with van der Waals surface area (Å²) in [6.07, 6.45) is -3.82. The van der Waals surface area contributed by atoms with Gasteiger partial charge in [-0.3, -0.25) is 24.6 Å². The van der Waals surface area contributed by atoms with E-state index in [2.05, 4.69) is 5.32 Å². The van der Waals surface area contributed by atoms with E-state index >= 15 is 0 Å². The first kappa shape index (κ1) is 20.8. The zero-order chi connectivity index (χ0) is 21.6. The van der Waals surface area contributed by atoms with Gasteiger partial charge in [0.05, 0.1) is 5.92 Å². The second-order valence-corrected chi connectivity index (χ2v) is 8.23. The number of carbonyl (C=O) groups is 3. The van der Waals surface area contributed by atoms with Crippen molar-refractivity contribution in [2.75, 3.05) is 13.1 Å². The Labute approximate surface area is 171 Å². The van der Waals surface area contributed by atoms with E-state index in [0.29, 0.717) is 25.1 Å². The Balaban J connectivity index is 1.42. The summed E-state index contributed by atoms with van der Waals surface area (Å²) in [6, 6.07) is 3.71. The third-order valence-electron chi connectivity index (χ3n) is 6.16. The van der Waals surface area contributed by atoms with Gasteiger partial charge in [0.25, 0.3) is 5.91 Å². The number of amides is 3. The molecule has 0 aliphatic carbocycles. The molecule has 3 atom stereocenters. The maximum atomic E-state index is 13.0. The maximum absolute atomic E-state index is 13.0. The Kier molecular flexibility index (Phi) is 5.31. The van der Waals surface area contributed by atoms with E-state index in [1.54, 1.807) is 12.1 Å². The Morgan fingerprint density at radius 1 is 1.17 bits per heavy atom. The van der Waals surface area contributed by atoms with Crippen LogP contribution in [0.4, 0.5) is 13.2 Å². The summed E-state index contributed by atoms with van der Waals surface area (Å²) in [5.74, 6) is -2.53. The van der Waals surface area contributed by atoms with Crippen LogP contribution in [0.15, 0.2) is 18.2 Å². The normalized spacial score (nSPS) is 27.9. The van der Waals surface area contributed by atoms with Crippen molar-refractivity contribution in [2.45, 2.75) is 50.6 Å². The number of piperidine rings is 2. The SMILES string of the molecule is NC1CN(Cc2ccc3c(c2)CN(C2CCC(=O)NC2=O)C3=O)CCC1C(F)(F)F. The average Bonchev–Trinajstić information content (AvgIpc) is 2.96. The lowest BCUT2D eigenvalue weighted by Crippen LogP contribution is -2.52. The molecule has 0 radical (unpaired) electrons. The van der Waals surface area contributed by atoms with E-state index in [1.807, 2.05) is 11.0 Å². The minimum Gasteiger partial charge on any atom is -0.326 e. The summed E-state index contributed by atoms with van der Waals surface area (Å²) < 4.78 is 39.0. The van der Waals surface area contributed by atoms with Gasteiger partial charge in [0, 0.05) is 37.7 Å². The van der Waals surface area contributed by atoms with Crippen molar-refractivity contribution in [1.82, 2.24) is 15.1 Å². The van der Waals surface area contributed by atoms with Crippen LogP contribution in [-0.4, -0.2) is 58.9 Å². The molecule has 1 aromatic carbocycles. The van der Waals surface area contributed by atoms with Gasteiger partial charge in [0.1, 0.15) is 6.04 Å². The predicted molar refractivity (Wildman–Crippen MR) is 99.9 cm³/mol. The Morgan fingerprint density at radius 2 is 1.93 bits per heavy atom. The lowest BCUT2D eigenvalue weighted by Gasteiger charge is -2.37. The van der Waals surface area contributed by atoms with Gasteiger partial charge in [-0.25, -0.2) is 0 Å². The second-order valence-electron chi connectivity index (χ2n) is 8.23. The van der Waals surface area contributed by atoms with Crippen LogP contribution in [0.3, 0.4) is 0 Å². The molecule has 30 heavy (non-hydrogen) atoms. The van der Waals surface area contributed by atoms with Crippen molar-refractivity contribution < 1.29 is 27.6 Å². The summed E-state index contributed by atoms with van der Waals surface area (Å²) in [5.41, 5.74) is 7.93. The number of carbonyl (C=O) groups excluding carboxylic acids is 3. The second kappa shape index (κ2) is 7.66. The van der Waals surface area contributed by atoms with Gasteiger partial charge in [-0.1, -0.05) is 12.1 Å². The van der Waals surface area contributed by atoms with Crippen LogP contribution in [0, 0.1) is 5.92 Å². The number of rotatable bonds is 3. The smallest absolute Gasteiger partial charge is 0.326 e. The van der Waals surface area contributed by atoms with Gasteiger partial charge < -0.3 is 10.6 Å². The van der Waals surface area contributed by atoms with E-state index in [9.17, 15) is 27.6 Å². The summed E-state index contributed by atoms with van der Waals surface area (Å²) in [7, 11) is 0. The minimum atomic E-state index is -4.28. The first-order chi connectivity index (χ1) is 14.1. The molecule has 2 fully saturated rings. The topological polar surface area (TPSA) is 95.7 Å². The van der Waals surface area contributed by atoms with Crippen LogP contribution in [0.2, 0.25) is 0 Å². The number of likely N-dealkylation sites (tertiary alicyclic amines) is 1. The first-order valence-corrected chi connectivity index (χ1v) is 9.94. The standard InChI is InChI=1S/C20H23F3N4O3/c21-20(22,23)14-5-6-26(10-15(14)24)8-11-1-2-13-12(7-11)9-27(19(13)30)16-3-4-17(28)25-18(16)29/h1-2,7,14-16H,3-6,8-10,24H2,(H,25,28,29). The number of nitrogens with two attached hydrogens (primary N) is 1.